The number of hydrogen-bond donors (Lipinski definition) is 4. The van der Waals surface area contributed by atoms with Crippen LogP contribution in [0.1, 0.15) is 148 Å². The van der Waals surface area contributed by atoms with Gasteiger partial charge in [-0.25, -0.2) is 0 Å². The van der Waals surface area contributed by atoms with Gasteiger partial charge in [-0.05, 0) is 38.5 Å². The van der Waals surface area contributed by atoms with Crippen molar-refractivity contribution in [3.05, 3.63) is 0 Å². The molecular formula is C47H84N2O16. The molecule has 0 heterocycles. The summed E-state index contributed by atoms with van der Waals surface area (Å²) in [4.78, 5) is 82.5. The molecular weight excluding hydrogens is 849 g/mol. The molecule has 18 heteroatoms. The smallest absolute Gasteiger partial charge is 0.306 e. The Bertz CT molecular complexity index is 1240. The van der Waals surface area contributed by atoms with Crippen LogP contribution in [-0.4, -0.2) is 157 Å². The van der Waals surface area contributed by atoms with E-state index in [1.807, 2.05) is 6.92 Å². The molecule has 0 saturated heterocycles. The zero-order chi connectivity index (χ0) is 47.9. The van der Waals surface area contributed by atoms with Crippen LogP contribution in [0.3, 0.4) is 0 Å². The van der Waals surface area contributed by atoms with Crippen molar-refractivity contribution in [1.82, 2.24) is 10.6 Å². The minimum absolute atomic E-state index is 0.00311. The Kier molecular flexibility index (Phi) is 44.7. The van der Waals surface area contributed by atoms with E-state index in [1.165, 1.54) is 19.3 Å². The van der Waals surface area contributed by atoms with Crippen LogP contribution in [0.4, 0.5) is 0 Å². The molecule has 0 spiro atoms. The third-order valence-corrected chi connectivity index (χ3v) is 9.99. The number of nitrogens with one attached hydrogen (secondary N) is 2. The predicted octanol–water partition coefficient (Wildman–Crippen LogP) is 5.43. The fourth-order valence-electron chi connectivity index (χ4n) is 6.36. The highest BCUT2D eigenvalue weighted by Gasteiger charge is 2.22. The molecule has 0 saturated carbocycles. The molecule has 18 nitrogen and oxygen atoms in total. The first-order valence-corrected chi connectivity index (χ1v) is 24.1. The maximum atomic E-state index is 12.4. The lowest BCUT2D eigenvalue weighted by Crippen LogP contribution is -2.31. The Morgan fingerprint density at radius 3 is 1.28 bits per heavy atom. The van der Waals surface area contributed by atoms with Crippen LogP contribution in [0, 0.1) is 5.92 Å². The number of ketones is 3. The van der Waals surface area contributed by atoms with Gasteiger partial charge in [-0.1, -0.05) is 71.1 Å². The molecule has 4 N–H and O–H groups in total. The third-order valence-electron chi connectivity index (χ3n) is 9.99. The monoisotopic (exact) mass is 933 g/mol. The molecule has 0 aliphatic carbocycles. The molecule has 0 aliphatic heterocycles. The van der Waals surface area contributed by atoms with Crippen molar-refractivity contribution < 1.29 is 76.9 Å². The van der Waals surface area contributed by atoms with Gasteiger partial charge in [0.2, 0.25) is 11.8 Å². The molecule has 0 rings (SSSR count). The van der Waals surface area contributed by atoms with Crippen molar-refractivity contribution >= 4 is 41.1 Å². The zero-order valence-electron chi connectivity index (χ0n) is 39.6. The van der Waals surface area contributed by atoms with Crippen molar-refractivity contribution in [1.29, 1.82) is 0 Å². The number of carbonyl (C=O) groups is 7. The second-order valence-corrected chi connectivity index (χ2v) is 16.0. The molecule has 0 unspecified atom stereocenters. The van der Waals surface area contributed by atoms with E-state index < -0.39 is 17.9 Å². The van der Waals surface area contributed by atoms with Crippen LogP contribution < -0.4 is 10.6 Å². The van der Waals surface area contributed by atoms with Crippen LogP contribution in [0.2, 0.25) is 0 Å². The Balaban J connectivity index is 3.61. The van der Waals surface area contributed by atoms with E-state index in [4.69, 9.17) is 38.3 Å². The number of aliphatic carboxylic acids is 2. The highest BCUT2D eigenvalue weighted by molar-refractivity contribution is 5.84. The molecule has 0 bridgehead atoms. The van der Waals surface area contributed by atoms with Gasteiger partial charge in [0.1, 0.15) is 25.6 Å². The Morgan fingerprint density at radius 2 is 0.800 bits per heavy atom. The van der Waals surface area contributed by atoms with E-state index >= 15 is 0 Å². The fourth-order valence-corrected chi connectivity index (χ4v) is 6.36. The summed E-state index contributed by atoms with van der Waals surface area (Å²) in [6, 6.07) is 0. The molecule has 378 valence electrons. The number of carboxylic acid groups (broad SMARTS) is 2. The lowest BCUT2D eigenvalue weighted by molar-refractivity contribution is -0.144. The second kappa shape index (κ2) is 47.1. The van der Waals surface area contributed by atoms with Crippen LogP contribution in [-0.2, 0) is 66.7 Å². The SMILES string of the molecule is CCCOCCCC(=O)COCCOCCNC(=O)COCCOCCCC(=O)COCCOCCNC(=O)CC[C@H](CC(=O)CCCCCCCCCCCCCCC(=O)O)C(=O)O. The van der Waals surface area contributed by atoms with Gasteiger partial charge >= 0.3 is 11.9 Å². The molecule has 0 aliphatic rings. The molecule has 0 aromatic heterocycles. The summed E-state index contributed by atoms with van der Waals surface area (Å²) in [6.45, 7) is 6.21. The van der Waals surface area contributed by atoms with E-state index in [9.17, 15) is 38.7 Å². The maximum absolute atomic E-state index is 12.4. The van der Waals surface area contributed by atoms with Crippen molar-refractivity contribution in [2.75, 3.05) is 106 Å². The minimum Gasteiger partial charge on any atom is -0.481 e. The van der Waals surface area contributed by atoms with Crippen molar-refractivity contribution in [2.24, 2.45) is 5.92 Å². The number of Topliss-reactive ketones (excluding diaryl/α,β-unsaturated/α-hetero) is 3. The normalized spacial score (nSPS) is 11.6. The van der Waals surface area contributed by atoms with Crippen LogP contribution in [0.25, 0.3) is 0 Å². The van der Waals surface area contributed by atoms with Gasteiger partial charge in [-0.2, -0.15) is 0 Å². The molecule has 65 heavy (non-hydrogen) atoms. The number of carboxylic acids is 2. The van der Waals surface area contributed by atoms with Gasteiger partial charge in [0, 0.05) is 71.4 Å². The number of ether oxygens (including phenoxy) is 7. The van der Waals surface area contributed by atoms with Gasteiger partial charge in [-0.3, -0.25) is 33.6 Å². The number of rotatable bonds is 52. The first-order valence-electron chi connectivity index (χ1n) is 24.1. The lowest BCUT2D eigenvalue weighted by Gasteiger charge is -2.12. The van der Waals surface area contributed by atoms with E-state index in [0.717, 1.165) is 64.2 Å². The van der Waals surface area contributed by atoms with E-state index in [-0.39, 0.29) is 114 Å². The largest absolute Gasteiger partial charge is 0.481 e. The molecule has 0 fully saturated rings. The van der Waals surface area contributed by atoms with Crippen LogP contribution in [0.5, 0.6) is 0 Å². The van der Waals surface area contributed by atoms with Gasteiger partial charge in [0.05, 0.1) is 58.8 Å². The van der Waals surface area contributed by atoms with Gasteiger partial charge in [-0.15, -0.1) is 0 Å². The lowest BCUT2D eigenvalue weighted by atomic mass is 9.94. The number of hydrogen-bond acceptors (Lipinski definition) is 14. The summed E-state index contributed by atoms with van der Waals surface area (Å²) in [5, 5.41) is 23.6. The fraction of sp³-hybridized carbons (Fsp3) is 0.851. The summed E-state index contributed by atoms with van der Waals surface area (Å²) in [5.41, 5.74) is 0. The second-order valence-electron chi connectivity index (χ2n) is 16.0. The summed E-state index contributed by atoms with van der Waals surface area (Å²) < 4.78 is 37.5. The number of amides is 2. The molecule has 2 amide bonds. The first-order chi connectivity index (χ1) is 31.5. The highest BCUT2D eigenvalue weighted by atomic mass is 16.5. The molecule has 0 aromatic carbocycles. The van der Waals surface area contributed by atoms with Crippen molar-refractivity contribution in [3.8, 4) is 0 Å². The quantitative estimate of drug-likeness (QED) is 0.0555. The molecule has 0 aromatic rings. The van der Waals surface area contributed by atoms with Crippen molar-refractivity contribution in [2.45, 2.75) is 148 Å². The van der Waals surface area contributed by atoms with E-state index in [1.54, 1.807) is 0 Å². The third kappa shape index (κ3) is 46.9. The summed E-state index contributed by atoms with van der Waals surface area (Å²) in [7, 11) is 0. The first kappa shape index (κ1) is 61.6. The van der Waals surface area contributed by atoms with Gasteiger partial charge in [0.25, 0.3) is 0 Å². The molecule has 1 atom stereocenters. The number of carbonyl (C=O) groups excluding carboxylic acids is 5. The molecule has 0 radical (unpaired) electrons. The van der Waals surface area contributed by atoms with Gasteiger partial charge in [0.15, 0.2) is 11.6 Å². The Hall–Kier alpha value is -3.39. The highest BCUT2D eigenvalue weighted by Crippen LogP contribution is 2.17. The zero-order valence-corrected chi connectivity index (χ0v) is 39.6. The van der Waals surface area contributed by atoms with Crippen LogP contribution in [0.15, 0.2) is 0 Å². The van der Waals surface area contributed by atoms with Gasteiger partial charge < -0.3 is 54.0 Å². The Labute approximate surface area is 387 Å². The average molecular weight is 933 g/mol. The average Bonchev–Trinajstić information content (AvgIpc) is 3.27. The van der Waals surface area contributed by atoms with Crippen molar-refractivity contribution in [3.63, 3.8) is 0 Å². The summed E-state index contributed by atoms with van der Waals surface area (Å²) in [5.74, 6) is -3.42. The van der Waals surface area contributed by atoms with E-state index in [2.05, 4.69) is 10.6 Å². The summed E-state index contributed by atoms with van der Waals surface area (Å²) >= 11 is 0. The number of unbranched alkanes of at least 4 members (excludes halogenated alkanes) is 11. The summed E-state index contributed by atoms with van der Waals surface area (Å²) in [6.07, 6.45) is 16.0. The minimum atomic E-state index is -1.08. The maximum Gasteiger partial charge on any atom is 0.306 e. The Morgan fingerprint density at radius 1 is 0.400 bits per heavy atom. The predicted molar refractivity (Wildman–Crippen MR) is 243 cm³/mol. The standard InChI is InChI=1S/C47H84N2O16/c1-2-25-59-26-15-18-42(51)37-64-34-32-62-29-24-49-45(54)39-65-35-30-60-27-16-19-43(52)38-63-33-31-61-28-23-48-44(53)22-21-40(47(57)58)36-41(50)17-13-11-9-7-5-3-4-6-8-10-12-14-20-46(55)56/h40H,2-39H2,1H3,(H,48,53)(H,49,54)(H,55,56)(H,57,58)/t40-/m1/s1. The van der Waals surface area contributed by atoms with Crippen LogP contribution >= 0.6 is 0 Å². The van der Waals surface area contributed by atoms with E-state index in [0.29, 0.717) is 78.3 Å². The topological polar surface area (TPSA) is 249 Å².